The first-order chi connectivity index (χ1) is 17.8. The molecular weight excluding hydrogens is 468 g/mol. The molecule has 1 aliphatic rings. The summed E-state index contributed by atoms with van der Waals surface area (Å²) in [6, 6.07) is 22.1. The lowest BCUT2D eigenvalue weighted by Gasteiger charge is -2.24. The van der Waals surface area contributed by atoms with E-state index in [0.29, 0.717) is 16.9 Å². The van der Waals surface area contributed by atoms with Crippen LogP contribution in [0.5, 0.6) is 5.75 Å². The van der Waals surface area contributed by atoms with Crippen LogP contribution in [0.3, 0.4) is 0 Å². The molecule has 3 aromatic rings. The van der Waals surface area contributed by atoms with Crippen LogP contribution in [-0.4, -0.2) is 10.4 Å². The molecule has 2 heteroatoms. The fraction of sp³-hybridized carbons (Fsp3) is 0.486. The Morgan fingerprint density at radius 1 is 0.838 bits per heavy atom. The first-order valence-electron chi connectivity index (χ1n) is 14.4. The molecule has 1 unspecified atom stereocenters. The van der Waals surface area contributed by atoms with Crippen LogP contribution in [0.4, 0.5) is 0 Å². The highest BCUT2D eigenvalue weighted by molar-refractivity contribution is 7.99. The van der Waals surface area contributed by atoms with Crippen LogP contribution in [0.2, 0.25) is 0 Å². The first kappa shape index (κ1) is 27.8. The summed E-state index contributed by atoms with van der Waals surface area (Å²) in [5.74, 6) is 1.81. The number of benzene rings is 3. The first-order valence-corrected chi connectivity index (χ1v) is 15.5. The summed E-state index contributed by atoms with van der Waals surface area (Å²) < 4.78 is 0. The summed E-state index contributed by atoms with van der Waals surface area (Å²) in [5.41, 5.74) is 8.28. The van der Waals surface area contributed by atoms with Crippen molar-refractivity contribution < 1.29 is 5.11 Å². The zero-order valence-corrected chi connectivity index (χ0v) is 24.5. The number of aromatic hydroxyl groups is 1. The van der Waals surface area contributed by atoms with Crippen molar-refractivity contribution in [3.63, 3.8) is 0 Å². The lowest BCUT2D eigenvalue weighted by molar-refractivity contribution is 0.471. The van der Waals surface area contributed by atoms with Crippen molar-refractivity contribution in [3.8, 4) is 28.0 Å². The highest BCUT2D eigenvalue weighted by atomic mass is 32.2. The van der Waals surface area contributed by atoms with Crippen LogP contribution < -0.4 is 0 Å². The summed E-state index contributed by atoms with van der Waals surface area (Å²) >= 11 is 2.06. The standard InChI is InChI=1S/C35H46OS/c1-6-25(2)27-19-28(26-15-11-10-12-16-26)21-29(20-27)33-23-31(35(3,4)5)22-30(34(33)36)24-37-32-17-13-8-7-9-14-18-32/h10-12,15-16,19-23,25,32,36H,6-9,13-14,17-18,24H2,1-5H3. The minimum atomic E-state index is 0.0126. The lowest BCUT2D eigenvalue weighted by Crippen LogP contribution is -2.12. The van der Waals surface area contributed by atoms with E-state index in [9.17, 15) is 5.11 Å². The molecule has 0 radical (unpaired) electrons. The van der Waals surface area contributed by atoms with E-state index in [0.717, 1.165) is 28.9 Å². The van der Waals surface area contributed by atoms with Crippen molar-refractivity contribution >= 4 is 11.8 Å². The predicted molar refractivity (Wildman–Crippen MR) is 164 cm³/mol. The van der Waals surface area contributed by atoms with Crippen molar-refractivity contribution in [2.75, 3.05) is 0 Å². The molecule has 0 aliphatic heterocycles. The molecule has 0 spiro atoms. The molecule has 0 aromatic heterocycles. The highest BCUT2D eigenvalue weighted by Gasteiger charge is 2.22. The number of phenolic OH excluding ortho intramolecular Hbond substituents is 1. The maximum Gasteiger partial charge on any atom is 0.127 e. The number of thioether (sulfide) groups is 1. The van der Waals surface area contributed by atoms with Crippen LogP contribution >= 0.6 is 11.8 Å². The largest absolute Gasteiger partial charge is 0.507 e. The normalized spacial score (nSPS) is 16.2. The zero-order valence-electron chi connectivity index (χ0n) is 23.6. The quantitative estimate of drug-likeness (QED) is 0.338. The van der Waals surface area contributed by atoms with Gasteiger partial charge in [0.1, 0.15) is 5.75 Å². The Labute approximate surface area is 230 Å². The molecule has 1 aliphatic carbocycles. The molecule has 0 heterocycles. The molecule has 0 bridgehead atoms. The van der Waals surface area contributed by atoms with Gasteiger partial charge < -0.3 is 5.11 Å². The fourth-order valence-corrected chi connectivity index (χ4v) is 6.68. The summed E-state index contributed by atoms with van der Waals surface area (Å²) in [6.45, 7) is 11.4. The minimum absolute atomic E-state index is 0.0126. The van der Waals surface area contributed by atoms with Gasteiger partial charge in [-0.05, 0) is 70.5 Å². The maximum atomic E-state index is 11.7. The molecule has 1 nitrogen and oxygen atoms in total. The smallest absolute Gasteiger partial charge is 0.127 e. The van der Waals surface area contributed by atoms with E-state index < -0.39 is 0 Å². The van der Waals surface area contributed by atoms with Gasteiger partial charge in [0.05, 0.1) is 0 Å². The SMILES string of the molecule is CCC(C)c1cc(-c2ccccc2)cc(-c2cc(C(C)(C)C)cc(CSC3CCCCCCC3)c2O)c1. The number of hydrogen-bond donors (Lipinski definition) is 1. The third-order valence-corrected chi connectivity index (χ3v) is 9.56. The fourth-order valence-electron chi connectivity index (χ4n) is 5.38. The van der Waals surface area contributed by atoms with Crippen molar-refractivity contribution in [1.82, 2.24) is 0 Å². The third-order valence-electron chi connectivity index (χ3n) is 8.14. The Balaban J connectivity index is 1.77. The topological polar surface area (TPSA) is 20.2 Å². The van der Waals surface area contributed by atoms with Gasteiger partial charge in [0.25, 0.3) is 0 Å². The Bertz CT molecular complexity index is 1150. The van der Waals surface area contributed by atoms with Gasteiger partial charge in [0, 0.05) is 22.1 Å². The highest BCUT2D eigenvalue weighted by Crippen LogP contribution is 2.42. The molecule has 4 rings (SSSR count). The number of hydrogen-bond acceptors (Lipinski definition) is 2. The lowest BCUT2D eigenvalue weighted by atomic mass is 9.83. The minimum Gasteiger partial charge on any atom is -0.507 e. The zero-order chi connectivity index (χ0) is 26.4. The second-order valence-corrected chi connectivity index (χ2v) is 13.4. The monoisotopic (exact) mass is 514 g/mol. The maximum absolute atomic E-state index is 11.7. The molecule has 1 N–H and O–H groups in total. The van der Waals surface area contributed by atoms with E-state index in [1.165, 1.54) is 67.2 Å². The molecule has 1 saturated carbocycles. The number of rotatable bonds is 7. The van der Waals surface area contributed by atoms with Gasteiger partial charge in [-0.15, -0.1) is 0 Å². The van der Waals surface area contributed by atoms with Gasteiger partial charge in [-0.25, -0.2) is 0 Å². The van der Waals surface area contributed by atoms with Crippen molar-refractivity contribution in [1.29, 1.82) is 0 Å². The Hall–Kier alpha value is -2.19. The average Bonchev–Trinajstić information content (AvgIpc) is 2.88. The van der Waals surface area contributed by atoms with Crippen molar-refractivity contribution in [2.24, 2.45) is 0 Å². The molecule has 37 heavy (non-hydrogen) atoms. The van der Waals surface area contributed by atoms with Crippen molar-refractivity contribution in [3.05, 3.63) is 77.4 Å². The second kappa shape index (κ2) is 12.6. The molecule has 1 atom stereocenters. The van der Waals surface area contributed by atoms with Gasteiger partial charge >= 0.3 is 0 Å². The Morgan fingerprint density at radius 2 is 1.49 bits per heavy atom. The van der Waals surface area contributed by atoms with Crippen molar-refractivity contribution in [2.45, 2.75) is 108 Å². The van der Waals surface area contributed by atoms with Gasteiger partial charge in [-0.3, -0.25) is 0 Å². The summed E-state index contributed by atoms with van der Waals surface area (Å²) in [6.07, 6.45) is 10.6. The van der Waals surface area contributed by atoms with E-state index in [1.54, 1.807) is 0 Å². The Morgan fingerprint density at radius 3 is 2.14 bits per heavy atom. The average molecular weight is 515 g/mol. The van der Waals surface area contributed by atoms with E-state index in [1.807, 2.05) is 0 Å². The number of phenols is 1. The van der Waals surface area contributed by atoms with E-state index in [-0.39, 0.29) is 5.41 Å². The molecule has 1 fully saturated rings. The van der Waals surface area contributed by atoms with Crippen LogP contribution in [-0.2, 0) is 11.2 Å². The van der Waals surface area contributed by atoms with Crippen LogP contribution in [0.1, 0.15) is 109 Å². The molecular formula is C35H46OS. The summed E-state index contributed by atoms with van der Waals surface area (Å²) in [7, 11) is 0. The van der Waals surface area contributed by atoms with Crippen LogP contribution in [0.15, 0.2) is 60.7 Å². The van der Waals surface area contributed by atoms with Crippen LogP contribution in [0.25, 0.3) is 22.3 Å². The van der Waals surface area contributed by atoms with E-state index in [2.05, 4.69) is 107 Å². The van der Waals surface area contributed by atoms with Gasteiger partial charge in [-0.1, -0.05) is 115 Å². The predicted octanol–water partition coefficient (Wildman–Crippen LogP) is 10.9. The molecule has 198 valence electrons. The third kappa shape index (κ3) is 7.23. The van der Waals surface area contributed by atoms with E-state index in [4.69, 9.17) is 0 Å². The van der Waals surface area contributed by atoms with Gasteiger partial charge in [0.2, 0.25) is 0 Å². The molecule has 0 amide bonds. The van der Waals surface area contributed by atoms with Gasteiger partial charge in [-0.2, -0.15) is 11.8 Å². The van der Waals surface area contributed by atoms with Gasteiger partial charge in [0.15, 0.2) is 0 Å². The Kier molecular flexibility index (Phi) is 9.46. The second-order valence-electron chi connectivity index (χ2n) is 12.1. The molecule has 3 aromatic carbocycles. The summed E-state index contributed by atoms with van der Waals surface area (Å²) in [5, 5.41) is 12.4. The summed E-state index contributed by atoms with van der Waals surface area (Å²) in [4.78, 5) is 0. The molecule has 0 saturated heterocycles. The van der Waals surface area contributed by atoms with Crippen LogP contribution in [0, 0.1) is 0 Å². The van der Waals surface area contributed by atoms with E-state index >= 15 is 0 Å².